The van der Waals surface area contributed by atoms with Gasteiger partial charge in [-0.3, -0.25) is 0 Å². The lowest BCUT2D eigenvalue weighted by molar-refractivity contribution is 0.199. The monoisotopic (exact) mass is 250 g/mol. The van der Waals surface area contributed by atoms with Crippen molar-refractivity contribution in [2.75, 3.05) is 26.8 Å². The average Bonchev–Trinajstić information content (AvgIpc) is 2.81. The minimum atomic E-state index is 0.696. The second-order valence-electron chi connectivity index (χ2n) is 5.43. The van der Waals surface area contributed by atoms with Crippen LogP contribution in [-0.2, 0) is 11.2 Å². The van der Waals surface area contributed by atoms with Gasteiger partial charge in [0.2, 0.25) is 0 Å². The molecule has 0 radical (unpaired) electrons. The van der Waals surface area contributed by atoms with Gasteiger partial charge in [0.1, 0.15) is 5.76 Å². The number of aromatic nitrogens is 1. The summed E-state index contributed by atoms with van der Waals surface area (Å²) in [7, 11) is 1.72. The Labute approximate surface area is 108 Å². The molecule has 2 atom stereocenters. The van der Waals surface area contributed by atoms with Crippen molar-refractivity contribution >= 4 is 0 Å². The molecule has 0 amide bonds. The Bertz CT molecular complexity index is 381. The predicted molar refractivity (Wildman–Crippen MR) is 68.5 cm³/mol. The van der Waals surface area contributed by atoms with Gasteiger partial charge in [-0.15, -0.1) is 0 Å². The zero-order valence-electron chi connectivity index (χ0n) is 11.0. The second-order valence-corrected chi connectivity index (χ2v) is 5.43. The summed E-state index contributed by atoms with van der Waals surface area (Å²) >= 11 is 0. The van der Waals surface area contributed by atoms with Gasteiger partial charge in [-0.05, 0) is 24.7 Å². The minimum Gasteiger partial charge on any atom is -0.445 e. The predicted octanol–water partition coefficient (Wildman–Crippen LogP) is 1.97. The fraction of sp³-hybridized carbons (Fsp3) is 0.786. The molecule has 0 aromatic carbocycles. The zero-order chi connectivity index (χ0) is 12.4. The summed E-state index contributed by atoms with van der Waals surface area (Å²) in [6, 6.07) is 0. The molecule has 1 aromatic heterocycles. The lowest BCUT2D eigenvalue weighted by Crippen LogP contribution is -2.21. The molecular formula is C14H22N2O2. The Morgan fingerprint density at radius 3 is 3.00 bits per heavy atom. The fourth-order valence-corrected chi connectivity index (χ4v) is 3.33. The lowest BCUT2D eigenvalue weighted by atomic mass is 10.1. The van der Waals surface area contributed by atoms with E-state index in [2.05, 4.69) is 10.3 Å². The van der Waals surface area contributed by atoms with Crippen molar-refractivity contribution in [2.45, 2.75) is 31.6 Å². The van der Waals surface area contributed by atoms with Gasteiger partial charge in [-0.1, -0.05) is 6.42 Å². The highest BCUT2D eigenvalue weighted by atomic mass is 16.5. The summed E-state index contributed by atoms with van der Waals surface area (Å²) in [6.07, 6.45) is 7.02. The number of ether oxygens (including phenoxy) is 1. The molecule has 0 spiro atoms. The Morgan fingerprint density at radius 1 is 1.39 bits per heavy atom. The minimum absolute atomic E-state index is 0.696. The Kier molecular flexibility index (Phi) is 3.66. The van der Waals surface area contributed by atoms with Crippen molar-refractivity contribution in [1.82, 2.24) is 10.3 Å². The largest absolute Gasteiger partial charge is 0.445 e. The highest BCUT2D eigenvalue weighted by molar-refractivity contribution is 5.19. The van der Waals surface area contributed by atoms with E-state index in [1.54, 1.807) is 7.11 Å². The van der Waals surface area contributed by atoms with Crippen LogP contribution in [0.15, 0.2) is 10.6 Å². The molecule has 100 valence electrons. The smallest absolute Gasteiger partial charge is 0.195 e. The van der Waals surface area contributed by atoms with Crippen LogP contribution < -0.4 is 5.32 Å². The molecule has 1 heterocycles. The van der Waals surface area contributed by atoms with Gasteiger partial charge in [-0.2, -0.15) is 0 Å². The van der Waals surface area contributed by atoms with Gasteiger partial charge < -0.3 is 14.5 Å². The first-order valence-electron chi connectivity index (χ1n) is 7.04. The number of rotatable bonds is 7. The van der Waals surface area contributed by atoms with E-state index in [-0.39, 0.29) is 0 Å². The van der Waals surface area contributed by atoms with E-state index in [0.717, 1.165) is 49.6 Å². The molecule has 2 fully saturated rings. The van der Waals surface area contributed by atoms with Crippen LogP contribution in [0.5, 0.6) is 0 Å². The van der Waals surface area contributed by atoms with Gasteiger partial charge in [0.15, 0.2) is 5.89 Å². The molecule has 1 N–H and O–H groups in total. The number of oxazole rings is 1. The molecule has 2 aliphatic rings. The normalized spacial score (nSPS) is 29.5. The third-order valence-corrected chi connectivity index (χ3v) is 4.31. The molecule has 2 unspecified atom stereocenters. The van der Waals surface area contributed by atoms with E-state index >= 15 is 0 Å². The second kappa shape index (κ2) is 5.41. The zero-order valence-corrected chi connectivity index (χ0v) is 11.0. The van der Waals surface area contributed by atoms with Crippen molar-refractivity contribution in [3.05, 3.63) is 17.8 Å². The number of nitrogens with zero attached hydrogens (tertiary/aromatic N) is 1. The average molecular weight is 250 g/mol. The molecule has 2 saturated carbocycles. The molecule has 0 bridgehead atoms. The summed E-state index contributed by atoms with van der Waals surface area (Å²) in [5, 5.41) is 3.30. The van der Waals surface area contributed by atoms with Crippen LogP contribution >= 0.6 is 0 Å². The maximum Gasteiger partial charge on any atom is 0.195 e. The number of fused-ring (bicyclic) bond motifs is 1. The van der Waals surface area contributed by atoms with E-state index in [9.17, 15) is 0 Å². The molecule has 18 heavy (non-hydrogen) atoms. The van der Waals surface area contributed by atoms with Crippen molar-refractivity contribution in [3.8, 4) is 0 Å². The van der Waals surface area contributed by atoms with Gasteiger partial charge in [-0.25, -0.2) is 4.98 Å². The number of methoxy groups -OCH3 is 1. The summed E-state index contributed by atoms with van der Waals surface area (Å²) in [5.74, 6) is 4.52. The summed E-state index contributed by atoms with van der Waals surface area (Å²) < 4.78 is 10.8. The van der Waals surface area contributed by atoms with E-state index in [1.807, 2.05) is 6.20 Å². The molecule has 2 aliphatic carbocycles. The van der Waals surface area contributed by atoms with E-state index < -0.39 is 0 Å². The number of hydrogen-bond donors (Lipinski definition) is 1. The molecule has 4 nitrogen and oxygen atoms in total. The van der Waals surface area contributed by atoms with Gasteiger partial charge in [0.25, 0.3) is 0 Å². The van der Waals surface area contributed by atoms with E-state index in [1.165, 1.54) is 19.3 Å². The van der Waals surface area contributed by atoms with Crippen LogP contribution in [0.25, 0.3) is 0 Å². The summed E-state index contributed by atoms with van der Waals surface area (Å²) in [4.78, 5) is 4.38. The van der Waals surface area contributed by atoms with Crippen LogP contribution in [0.1, 0.15) is 36.8 Å². The van der Waals surface area contributed by atoms with Gasteiger partial charge in [0.05, 0.1) is 12.8 Å². The third-order valence-electron chi connectivity index (χ3n) is 4.31. The molecule has 0 aliphatic heterocycles. The van der Waals surface area contributed by atoms with Crippen LogP contribution in [0, 0.1) is 11.8 Å². The van der Waals surface area contributed by atoms with Crippen molar-refractivity contribution in [2.24, 2.45) is 11.8 Å². The number of hydrogen-bond acceptors (Lipinski definition) is 4. The van der Waals surface area contributed by atoms with Crippen LogP contribution in [0.2, 0.25) is 0 Å². The molecular weight excluding hydrogens is 228 g/mol. The highest BCUT2D eigenvalue weighted by Gasteiger charge is 2.54. The maximum absolute atomic E-state index is 5.87. The molecule has 3 rings (SSSR count). The first kappa shape index (κ1) is 12.2. The Hall–Kier alpha value is -0.870. The molecule has 0 saturated heterocycles. The van der Waals surface area contributed by atoms with Crippen molar-refractivity contribution in [1.29, 1.82) is 0 Å². The SMILES string of the molecule is COCCNCCc1ncc(C2C3CCCC32)o1. The Morgan fingerprint density at radius 2 is 2.22 bits per heavy atom. The lowest BCUT2D eigenvalue weighted by Gasteiger charge is -2.01. The standard InChI is InChI=1S/C14H22N2O2/c1-17-8-7-15-6-5-13-16-9-12(18-13)14-10-3-2-4-11(10)14/h9-11,14-15H,2-8H2,1H3. The van der Waals surface area contributed by atoms with Crippen molar-refractivity contribution in [3.63, 3.8) is 0 Å². The molecule has 1 aromatic rings. The number of nitrogens with one attached hydrogen (secondary N) is 1. The first-order chi connectivity index (χ1) is 8.90. The first-order valence-corrected chi connectivity index (χ1v) is 7.04. The maximum atomic E-state index is 5.87. The summed E-state index contributed by atoms with van der Waals surface area (Å²) in [5.41, 5.74) is 0. The quantitative estimate of drug-likeness (QED) is 0.752. The third kappa shape index (κ3) is 2.45. The Balaban J connectivity index is 1.43. The van der Waals surface area contributed by atoms with Gasteiger partial charge >= 0.3 is 0 Å². The van der Waals surface area contributed by atoms with Crippen LogP contribution in [0.4, 0.5) is 0 Å². The van der Waals surface area contributed by atoms with E-state index in [0.29, 0.717) is 5.92 Å². The van der Waals surface area contributed by atoms with Gasteiger partial charge in [0, 0.05) is 32.5 Å². The highest BCUT2D eigenvalue weighted by Crippen LogP contribution is 2.63. The summed E-state index contributed by atoms with van der Waals surface area (Å²) in [6.45, 7) is 2.54. The topological polar surface area (TPSA) is 47.3 Å². The van der Waals surface area contributed by atoms with Crippen LogP contribution in [0.3, 0.4) is 0 Å². The van der Waals surface area contributed by atoms with Crippen molar-refractivity contribution < 1.29 is 9.15 Å². The van der Waals surface area contributed by atoms with E-state index in [4.69, 9.17) is 9.15 Å². The fourth-order valence-electron chi connectivity index (χ4n) is 3.33. The molecule has 4 heteroatoms. The van der Waals surface area contributed by atoms with Crippen LogP contribution in [-0.4, -0.2) is 31.8 Å².